The lowest BCUT2D eigenvalue weighted by Gasteiger charge is -2.36. The van der Waals surface area contributed by atoms with Gasteiger partial charge in [0.2, 0.25) is 11.8 Å². The number of nitrogens with zero attached hydrogens (tertiary/aromatic N) is 3. The molecule has 0 unspecified atom stereocenters. The molecule has 0 aromatic carbocycles. The SMILES string of the molecule is COCCN1C[C@@H](C(=O)N2CCc3c(nc(C)[nH]c3=O)C2)CCC1=O. The number of likely N-dealkylation sites (tertiary alicyclic amines) is 1. The van der Waals surface area contributed by atoms with Crippen LogP contribution in [0.4, 0.5) is 0 Å². The zero-order chi connectivity index (χ0) is 18.0. The number of nitrogens with one attached hydrogen (secondary N) is 1. The number of aromatic nitrogens is 2. The highest BCUT2D eigenvalue weighted by molar-refractivity contribution is 5.84. The molecule has 1 aromatic rings. The van der Waals surface area contributed by atoms with Crippen LogP contribution in [-0.2, 0) is 27.3 Å². The lowest BCUT2D eigenvalue weighted by atomic mass is 9.94. The number of ether oxygens (including phenoxy) is 1. The molecule has 2 aliphatic rings. The van der Waals surface area contributed by atoms with E-state index in [0.29, 0.717) is 69.1 Å². The summed E-state index contributed by atoms with van der Waals surface area (Å²) in [6.45, 7) is 4.03. The van der Waals surface area contributed by atoms with E-state index in [-0.39, 0.29) is 23.3 Å². The zero-order valence-corrected chi connectivity index (χ0v) is 14.7. The first-order valence-electron chi connectivity index (χ1n) is 8.63. The summed E-state index contributed by atoms with van der Waals surface area (Å²) in [5.74, 6) is 0.487. The third kappa shape index (κ3) is 3.73. The van der Waals surface area contributed by atoms with Crippen LogP contribution in [0.25, 0.3) is 0 Å². The van der Waals surface area contributed by atoms with Gasteiger partial charge in [0.25, 0.3) is 5.56 Å². The van der Waals surface area contributed by atoms with Crippen LogP contribution in [0, 0.1) is 12.8 Å². The van der Waals surface area contributed by atoms with Gasteiger partial charge in [-0.25, -0.2) is 4.98 Å². The van der Waals surface area contributed by atoms with Crippen molar-refractivity contribution in [3.8, 4) is 0 Å². The summed E-state index contributed by atoms with van der Waals surface area (Å²) >= 11 is 0. The smallest absolute Gasteiger partial charge is 0.254 e. The highest BCUT2D eigenvalue weighted by Crippen LogP contribution is 2.23. The van der Waals surface area contributed by atoms with Crippen LogP contribution >= 0.6 is 0 Å². The topological polar surface area (TPSA) is 95.6 Å². The average Bonchev–Trinajstić information content (AvgIpc) is 2.59. The average molecular weight is 348 g/mol. The molecule has 3 heterocycles. The number of H-pyrrole nitrogens is 1. The number of aryl methyl sites for hydroxylation is 1. The first kappa shape index (κ1) is 17.6. The molecule has 0 bridgehead atoms. The number of hydrogen-bond donors (Lipinski definition) is 1. The van der Waals surface area contributed by atoms with Crippen molar-refractivity contribution in [1.82, 2.24) is 19.8 Å². The third-order valence-electron chi connectivity index (χ3n) is 4.92. The van der Waals surface area contributed by atoms with Crippen LogP contribution in [-0.4, -0.2) is 64.9 Å². The van der Waals surface area contributed by atoms with E-state index in [4.69, 9.17) is 4.74 Å². The van der Waals surface area contributed by atoms with E-state index in [9.17, 15) is 14.4 Å². The van der Waals surface area contributed by atoms with Crippen molar-refractivity contribution in [1.29, 1.82) is 0 Å². The Labute approximate surface area is 146 Å². The van der Waals surface area contributed by atoms with Gasteiger partial charge in [0.15, 0.2) is 0 Å². The monoisotopic (exact) mass is 348 g/mol. The van der Waals surface area contributed by atoms with Gasteiger partial charge in [-0.15, -0.1) is 0 Å². The number of amides is 2. The van der Waals surface area contributed by atoms with Gasteiger partial charge in [0.1, 0.15) is 5.82 Å². The van der Waals surface area contributed by atoms with Crippen molar-refractivity contribution in [3.05, 3.63) is 27.4 Å². The van der Waals surface area contributed by atoms with Crippen LogP contribution in [0.1, 0.15) is 29.9 Å². The van der Waals surface area contributed by atoms with Gasteiger partial charge in [-0.1, -0.05) is 0 Å². The quantitative estimate of drug-likeness (QED) is 0.816. The van der Waals surface area contributed by atoms with Crippen LogP contribution < -0.4 is 5.56 Å². The Hall–Kier alpha value is -2.22. The van der Waals surface area contributed by atoms with E-state index in [0.717, 1.165) is 0 Å². The first-order chi connectivity index (χ1) is 12.0. The summed E-state index contributed by atoms with van der Waals surface area (Å²) in [6.07, 6.45) is 1.48. The molecule has 1 aromatic heterocycles. The normalized spacial score (nSPS) is 20.6. The summed E-state index contributed by atoms with van der Waals surface area (Å²) < 4.78 is 5.04. The van der Waals surface area contributed by atoms with Crippen LogP contribution in [0.2, 0.25) is 0 Å². The van der Waals surface area contributed by atoms with Crippen molar-refractivity contribution in [3.63, 3.8) is 0 Å². The van der Waals surface area contributed by atoms with E-state index in [1.54, 1.807) is 23.8 Å². The Kier molecular flexibility index (Phi) is 5.17. The molecule has 0 radical (unpaired) electrons. The fraction of sp³-hybridized carbons (Fsp3) is 0.647. The highest BCUT2D eigenvalue weighted by atomic mass is 16.5. The van der Waals surface area contributed by atoms with Crippen LogP contribution in [0.5, 0.6) is 0 Å². The van der Waals surface area contributed by atoms with Gasteiger partial charge in [-0.3, -0.25) is 14.4 Å². The number of hydrogen-bond acceptors (Lipinski definition) is 5. The molecule has 0 saturated carbocycles. The fourth-order valence-corrected chi connectivity index (χ4v) is 3.54. The molecule has 0 aliphatic carbocycles. The Morgan fingerprint density at radius 2 is 2.16 bits per heavy atom. The van der Waals surface area contributed by atoms with Crippen molar-refractivity contribution < 1.29 is 14.3 Å². The second kappa shape index (κ2) is 7.35. The summed E-state index contributed by atoms with van der Waals surface area (Å²) in [6, 6.07) is 0. The van der Waals surface area contributed by atoms with E-state index in [1.165, 1.54) is 0 Å². The highest BCUT2D eigenvalue weighted by Gasteiger charge is 2.34. The minimum Gasteiger partial charge on any atom is -0.383 e. The zero-order valence-electron chi connectivity index (χ0n) is 14.7. The number of carbonyl (C=O) groups is 2. The van der Waals surface area contributed by atoms with Gasteiger partial charge in [0, 0.05) is 38.7 Å². The number of aromatic amines is 1. The number of piperidine rings is 1. The molecule has 2 aliphatic heterocycles. The maximum absolute atomic E-state index is 12.9. The van der Waals surface area contributed by atoms with Crippen molar-refractivity contribution >= 4 is 11.8 Å². The number of methoxy groups -OCH3 is 1. The summed E-state index contributed by atoms with van der Waals surface area (Å²) in [7, 11) is 1.60. The van der Waals surface area contributed by atoms with Crippen molar-refractivity contribution in [2.24, 2.45) is 5.92 Å². The standard InChI is InChI=1S/C17H24N4O4/c1-11-18-14-10-21(6-5-13(14)16(23)19-11)17(24)12-3-4-15(22)20(9-12)7-8-25-2/h12H,3-10H2,1-2H3,(H,18,19,23)/t12-/m0/s1. The molecule has 3 rings (SSSR count). The molecule has 1 saturated heterocycles. The second-order valence-electron chi connectivity index (χ2n) is 6.65. The number of fused-ring (bicyclic) bond motifs is 1. The lowest BCUT2D eigenvalue weighted by Crippen LogP contribution is -2.49. The molecule has 8 heteroatoms. The predicted molar refractivity (Wildman–Crippen MR) is 89.9 cm³/mol. The number of carbonyl (C=O) groups excluding carboxylic acids is 2. The Balaban J connectivity index is 1.69. The Morgan fingerprint density at radius 1 is 1.36 bits per heavy atom. The number of rotatable bonds is 4. The summed E-state index contributed by atoms with van der Waals surface area (Å²) in [5, 5.41) is 0. The largest absolute Gasteiger partial charge is 0.383 e. The van der Waals surface area contributed by atoms with E-state index >= 15 is 0 Å². The molecular weight excluding hydrogens is 324 g/mol. The Bertz CT molecular complexity index is 730. The molecule has 1 fully saturated rings. The van der Waals surface area contributed by atoms with Gasteiger partial charge in [-0.05, 0) is 19.8 Å². The van der Waals surface area contributed by atoms with E-state index in [2.05, 4.69) is 9.97 Å². The third-order valence-corrected chi connectivity index (χ3v) is 4.92. The van der Waals surface area contributed by atoms with Gasteiger partial charge >= 0.3 is 0 Å². The molecule has 8 nitrogen and oxygen atoms in total. The Morgan fingerprint density at radius 3 is 2.92 bits per heavy atom. The van der Waals surface area contributed by atoms with Crippen molar-refractivity contribution in [2.75, 3.05) is 33.4 Å². The maximum Gasteiger partial charge on any atom is 0.254 e. The summed E-state index contributed by atoms with van der Waals surface area (Å²) in [4.78, 5) is 47.4. The summed E-state index contributed by atoms with van der Waals surface area (Å²) in [5.41, 5.74) is 1.25. The van der Waals surface area contributed by atoms with Gasteiger partial charge in [-0.2, -0.15) is 0 Å². The molecular formula is C17H24N4O4. The fourth-order valence-electron chi connectivity index (χ4n) is 3.54. The van der Waals surface area contributed by atoms with E-state index in [1.807, 2.05) is 0 Å². The van der Waals surface area contributed by atoms with Crippen LogP contribution in [0.3, 0.4) is 0 Å². The molecule has 136 valence electrons. The maximum atomic E-state index is 12.9. The molecule has 2 amide bonds. The second-order valence-corrected chi connectivity index (χ2v) is 6.65. The van der Waals surface area contributed by atoms with Gasteiger partial charge in [0.05, 0.1) is 24.8 Å². The lowest BCUT2D eigenvalue weighted by molar-refractivity contribution is -0.144. The van der Waals surface area contributed by atoms with E-state index < -0.39 is 0 Å². The molecule has 1 atom stereocenters. The van der Waals surface area contributed by atoms with Crippen LogP contribution in [0.15, 0.2) is 4.79 Å². The molecule has 25 heavy (non-hydrogen) atoms. The first-order valence-corrected chi connectivity index (χ1v) is 8.63. The van der Waals surface area contributed by atoms with Crippen molar-refractivity contribution in [2.45, 2.75) is 32.7 Å². The van der Waals surface area contributed by atoms with Gasteiger partial charge < -0.3 is 19.5 Å². The molecule has 1 N–H and O–H groups in total. The molecule has 0 spiro atoms. The minimum absolute atomic E-state index is 0.0419. The predicted octanol–water partition coefficient (Wildman–Crippen LogP) is -0.152. The minimum atomic E-state index is -0.195.